The zero-order valence-electron chi connectivity index (χ0n) is 16.6. The Bertz CT molecular complexity index is 807. The van der Waals surface area contributed by atoms with E-state index in [1.165, 1.54) is 6.07 Å². The van der Waals surface area contributed by atoms with Gasteiger partial charge < -0.3 is 24.8 Å². The van der Waals surface area contributed by atoms with Gasteiger partial charge in [0.25, 0.3) is 0 Å². The minimum absolute atomic E-state index is 0. The van der Waals surface area contributed by atoms with Crippen LogP contribution in [0, 0.1) is 11.6 Å². The van der Waals surface area contributed by atoms with Crippen molar-refractivity contribution in [2.75, 3.05) is 41.0 Å². The van der Waals surface area contributed by atoms with Gasteiger partial charge in [-0.2, -0.15) is 0 Å². The normalized spacial score (nSPS) is 10.7. The summed E-state index contributed by atoms with van der Waals surface area (Å²) in [4.78, 5) is 4.14. The van der Waals surface area contributed by atoms with Crippen LogP contribution in [0.2, 0.25) is 0 Å². The van der Waals surface area contributed by atoms with Gasteiger partial charge in [-0.25, -0.2) is 8.78 Å². The van der Waals surface area contributed by atoms with E-state index < -0.39 is 11.6 Å². The predicted molar refractivity (Wildman–Crippen MR) is 120 cm³/mol. The van der Waals surface area contributed by atoms with Crippen LogP contribution >= 0.6 is 24.0 Å². The summed E-state index contributed by atoms with van der Waals surface area (Å²) in [6.45, 7) is 1.40. The molecule has 0 saturated heterocycles. The summed E-state index contributed by atoms with van der Waals surface area (Å²) < 4.78 is 41.9. The molecular formula is C20H26F2IN3O3. The molecule has 29 heavy (non-hydrogen) atoms. The Morgan fingerprint density at radius 2 is 1.66 bits per heavy atom. The highest BCUT2D eigenvalue weighted by atomic mass is 127. The van der Waals surface area contributed by atoms with Gasteiger partial charge in [-0.3, -0.25) is 4.99 Å². The van der Waals surface area contributed by atoms with E-state index in [9.17, 15) is 8.78 Å². The number of rotatable bonds is 9. The van der Waals surface area contributed by atoms with Gasteiger partial charge in [0.05, 0.1) is 20.8 Å². The van der Waals surface area contributed by atoms with Crippen LogP contribution in [0.15, 0.2) is 41.4 Å². The number of halogens is 3. The van der Waals surface area contributed by atoms with Gasteiger partial charge >= 0.3 is 0 Å². The Labute approximate surface area is 186 Å². The summed E-state index contributed by atoms with van der Waals surface area (Å²) in [7, 11) is 4.88. The first-order valence-corrected chi connectivity index (χ1v) is 8.80. The minimum atomic E-state index is -0.932. The molecule has 2 rings (SSSR count). The fourth-order valence-corrected chi connectivity index (χ4v) is 2.49. The topological polar surface area (TPSA) is 64.1 Å². The standard InChI is InChI=1S/C20H25F2N3O3.HI/c1-23-20(25-10-11-28-15-5-6-16(21)17(22)13-15)24-9-8-14-4-7-18(26-2)19(12-14)27-3;/h4-7,12-13H,8-11H2,1-3H3,(H2,23,24,25);1H. The molecule has 2 aromatic rings. The summed E-state index contributed by atoms with van der Waals surface area (Å²) in [6.07, 6.45) is 0.770. The first kappa shape index (κ1) is 24.7. The number of aliphatic imine (C=N–C) groups is 1. The second-order valence-electron chi connectivity index (χ2n) is 5.79. The summed E-state index contributed by atoms with van der Waals surface area (Å²) in [5.74, 6) is 0.448. The SMILES string of the molecule is CN=C(NCCOc1ccc(F)c(F)c1)NCCc1ccc(OC)c(OC)c1.I. The third-order valence-corrected chi connectivity index (χ3v) is 3.93. The van der Waals surface area contributed by atoms with Crippen LogP contribution in [-0.2, 0) is 6.42 Å². The first-order chi connectivity index (χ1) is 13.6. The smallest absolute Gasteiger partial charge is 0.191 e. The van der Waals surface area contributed by atoms with Crippen molar-refractivity contribution < 1.29 is 23.0 Å². The number of guanidine groups is 1. The molecule has 0 amide bonds. The zero-order valence-corrected chi connectivity index (χ0v) is 19.0. The van der Waals surface area contributed by atoms with Crippen molar-refractivity contribution in [1.29, 1.82) is 0 Å². The zero-order chi connectivity index (χ0) is 20.4. The third-order valence-electron chi connectivity index (χ3n) is 3.93. The van der Waals surface area contributed by atoms with Crippen molar-refractivity contribution in [2.24, 2.45) is 4.99 Å². The maximum atomic E-state index is 13.1. The van der Waals surface area contributed by atoms with E-state index in [-0.39, 0.29) is 36.3 Å². The molecule has 160 valence electrons. The van der Waals surface area contributed by atoms with E-state index in [2.05, 4.69) is 15.6 Å². The van der Waals surface area contributed by atoms with Crippen molar-refractivity contribution in [2.45, 2.75) is 6.42 Å². The van der Waals surface area contributed by atoms with Gasteiger partial charge in [0.2, 0.25) is 0 Å². The summed E-state index contributed by atoms with van der Waals surface area (Å²) in [5, 5.41) is 6.30. The van der Waals surface area contributed by atoms with E-state index in [0.29, 0.717) is 30.5 Å². The molecule has 0 heterocycles. The van der Waals surface area contributed by atoms with E-state index in [1.54, 1.807) is 21.3 Å². The van der Waals surface area contributed by atoms with Gasteiger partial charge in [-0.05, 0) is 36.2 Å². The predicted octanol–water partition coefficient (Wildman–Crippen LogP) is 3.39. The van der Waals surface area contributed by atoms with E-state index in [4.69, 9.17) is 14.2 Å². The molecule has 0 unspecified atom stereocenters. The molecule has 6 nitrogen and oxygen atoms in total. The van der Waals surface area contributed by atoms with Gasteiger partial charge in [0, 0.05) is 19.7 Å². The molecule has 9 heteroatoms. The van der Waals surface area contributed by atoms with Crippen molar-refractivity contribution in [3.63, 3.8) is 0 Å². The van der Waals surface area contributed by atoms with Gasteiger partial charge in [-0.15, -0.1) is 24.0 Å². The molecule has 0 fully saturated rings. The highest BCUT2D eigenvalue weighted by Gasteiger charge is 2.06. The molecule has 0 aliphatic heterocycles. The van der Waals surface area contributed by atoms with Crippen LogP contribution in [0.4, 0.5) is 8.78 Å². The molecule has 2 aromatic carbocycles. The summed E-state index contributed by atoms with van der Waals surface area (Å²) in [5.41, 5.74) is 1.10. The molecule has 0 aliphatic rings. The second kappa shape index (κ2) is 13.0. The lowest BCUT2D eigenvalue weighted by Crippen LogP contribution is -2.40. The quantitative estimate of drug-likeness (QED) is 0.229. The molecule has 0 aliphatic carbocycles. The molecule has 0 saturated carbocycles. The molecular weight excluding hydrogens is 495 g/mol. The Kier molecular flexibility index (Phi) is 11.1. The monoisotopic (exact) mass is 521 g/mol. The van der Waals surface area contributed by atoms with Crippen LogP contribution in [0.3, 0.4) is 0 Å². The molecule has 0 atom stereocenters. The average Bonchev–Trinajstić information content (AvgIpc) is 2.72. The number of hydrogen-bond donors (Lipinski definition) is 2. The highest BCUT2D eigenvalue weighted by molar-refractivity contribution is 14.0. The Hall–Kier alpha value is -2.30. The average molecular weight is 521 g/mol. The second-order valence-corrected chi connectivity index (χ2v) is 5.79. The maximum absolute atomic E-state index is 13.1. The third kappa shape index (κ3) is 7.92. The largest absolute Gasteiger partial charge is 0.493 e. The lowest BCUT2D eigenvalue weighted by molar-refractivity contribution is 0.318. The van der Waals surface area contributed by atoms with E-state index in [0.717, 1.165) is 24.1 Å². The Morgan fingerprint density at radius 1 is 0.931 bits per heavy atom. The molecule has 2 N–H and O–H groups in total. The van der Waals surface area contributed by atoms with Crippen LogP contribution in [0.25, 0.3) is 0 Å². The number of benzene rings is 2. The van der Waals surface area contributed by atoms with Crippen LogP contribution < -0.4 is 24.8 Å². The fourth-order valence-electron chi connectivity index (χ4n) is 2.49. The van der Waals surface area contributed by atoms with Crippen molar-refractivity contribution in [3.05, 3.63) is 53.6 Å². The lowest BCUT2D eigenvalue weighted by atomic mass is 10.1. The van der Waals surface area contributed by atoms with Crippen molar-refractivity contribution in [3.8, 4) is 17.2 Å². The fraction of sp³-hybridized carbons (Fsp3) is 0.350. The maximum Gasteiger partial charge on any atom is 0.191 e. The Balaban J connectivity index is 0.00000420. The number of nitrogens with zero attached hydrogens (tertiary/aromatic N) is 1. The first-order valence-electron chi connectivity index (χ1n) is 8.80. The van der Waals surface area contributed by atoms with Crippen molar-refractivity contribution in [1.82, 2.24) is 10.6 Å². The highest BCUT2D eigenvalue weighted by Crippen LogP contribution is 2.27. The van der Waals surface area contributed by atoms with Crippen LogP contribution in [-0.4, -0.2) is 46.9 Å². The van der Waals surface area contributed by atoms with E-state index in [1.807, 2.05) is 18.2 Å². The van der Waals surface area contributed by atoms with Gasteiger partial charge in [0.1, 0.15) is 12.4 Å². The minimum Gasteiger partial charge on any atom is -0.493 e. The summed E-state index contributed by atoms with van der Waals surface area (Å²) >= 11 is 0. The number of ether oxygens (including phenoxy) is 3. The van der Waals surface area contributed by atoms with Gasteiger partial charge in [0.15, 0.2) is 29.1 Å². The lowest BCUT2D eigenvalue weighted by Gasteiger charge is -2.13. The Morgan fingerprint density at radius 3 is 2.31 bits per heavy atom. The molecule has 0 aromatic heterocycles. The number of nitrogens with one attached hydrogen (secondary N) is 2. The van der Waals surface area contributed by atoms with Crippen LogP contribution in [0.5, 0.6) is 17.2 Å². The number of hydrogen-bond acceptors (Lipinski definition) is 4. The van der Waals surface area contributed by atoms with E-state index >= 15 is 0 Å². The molecule has 0 spiro atoms. The molecule has 0 bridgehead atoms. The van der Waals surface area contributed by atoms with Crippen LogP contribution in [0.1, 0.15) is 5.56 Å². The van der Waals surface area contributed by atoms with Gasteiger partial charge in [-0.1, -0.05) is 6.07 Å². The number of methoxy groups -OCH3 is 2. The summed E-state index contributed by atoms with van der Waals surface area (Å²) in [6, 6.07) is 9.23. The van der Waals surface area contributed by atoms with Crippen molar-refractivity contribution >= 4 is 29.9 Å². The molecule has 0 radical (unpaired) electrons.